The molecule has 1 aliphatic rings. The zero-order chi connectivity index (χ0) is 9.97. The zero-order valence-electron chi connectivity index (χ0n) is 8.57. The van der Waals surface area contributed by atoms with Crippen LogP contribution in [0, 0.1) is 5.92 Å². The minimum atomic E-state index is 0.453. The topological polar surface area (TPSA) is 55.3 Å². The van der Waals surface area contributed by atoms with Crippen molar-refractivity contribution in [1.82, 2.24) is 4.98 Å². The van der Waals surface area contributed by atoms with Gasteiger partial charge in [0.15, 0.2) is 0 Å². The monoisotopic (exact) mass is 195 g/mol. The first-order valence-corrected chi connectivity index (χ1v) is 5.23. The van der Waals surface area contributed by atoms with Crippen molar-refractivity contribution in [2.45, 2.75) is 26.3 Å². The summed E-state index contributed by atoms with van der Waals surface area (Å²) in [6.45, 7) is 4.81. The Hall–Kier alpha value is -1.03. The molecule has 1 aromatic heterocycles. The van der Waals surface area contributed by atoms with Crippen molar-refractivity contribution in [1.29, 1.82) is 0 Å². The average molecular weight is 195 g/mol. The van der Waals surface area contributed by atoms with E-state index in [4.69, 9.17) is 10.2 Å². The van der Waals surface area contributed by atoms with Crippen molar-refractivity contribution in [2.75, 3.05) is 18.0 Å². The number of oxazole rings is 1. The summed E-state index contributed by atoms with van der Waals surface area (Å²) in [5.74, 6) is 0.795. The van der Waals surface area contributed by atoms with Crippen LogP contribution in [-0.4, -0.2) is 18.1 Å². The lowest BCUT2D eigenvalue weighted by molar-refractivity contribution is 0.532. The molecule has 2 N–H and O–H groups in total. The minimum Gasteiger partial charge on any atom is -0.432 e. The fourth-order valence-electron chi connectivity index (χ4n) is 1.87. The molecule has 78 valence electrons. The van der Waals surface area contributed by atoms with Crippen LogP contribution in [-0.2, 0) is 6.54 Å². The van der Waals surface area contributed by atoms with E-state index in [1.807, 2.05) is 0 Å². The first-order chi connectivity index (χ1) is 6.83. The lowest BCUT2D eigenvalue weighted by Crippen LogP contribution is -2.19. The molecule has 1 aromatic rings. The number of nitrogens with zero attached hydrogens (tertiary/aromatic N) is 2. The maximum atomic E-state index is 5.47. The van der Waals surface area contributed by atoms with Crippen LogP contribution in [0.1, 0.15) is 25.5 Å². The van der Waals surface area contributed by atoms with Gasteiger partial charge in [0.2, 0.25) is 0 Å². The smallest absolute Gasteiger partial charge is 0.297 e. The molecule has 0 saturated carbocycles. The standard InChI is InChI=1S/C10H17N3O/c1-2-8-3-4-13(6-8)10-12-9(5-11)7-14-10/h7-8H,2-6,11H2,1H3. The van der Waals surface area contributed by atoms with Crippen LogP contribution in [0.3, 0.4) is 0 Å². The summed E-state index contributed by atoms with van der Waals surface area (Å²) in [5.41, 5.74) is 6.31. The molecule has 1 saturated heterocycles. The first-order valence-electron chi connectivity index (χ1n) is 5.23. The maximum Gasteiger partial charge on any atom is 0.297 e. The minimum absolute atomic E-state index is 0.453. The van der Waals surface area contributed by atoms with Gasteiger partial charge in [0.05, 0.1) is 5.69 Å². The molecule has 0 spiro atoms. The van der Waals surface area contributed by atoms with Crippen molar-refractivity contribution in [2.24, 2.45) is 11.7 Å². The van der Waals surface area contributed by atoms with Crippen LogP contribution in [0.2, 0.25) is 0 Å². The molecule has 1 aliphatic heterocycles. The van der Waals surface area contributed by atoms with Gasteiger partial charge in [0, 0.05) is 19.6 Å². The van der Waals surface area contributed by atoms with E-state index in [-0.39, 0.29) is 0 Å². The normalized spacial score (nSPS) is 21.9. The Morgan fingerprint density at radius 3 is 3.14 bits per heavy atom. The third-order valence-corrected chi connectivity index (χ3v) is 2.88. The highest BCUT2D eigenvalue weighted by Gasteiger charge is 2.24. The molecule has 4 heteroatoms. The molecular formula is C10H17N3O. The van der Waals surface area contributed by atoms with Crippen LogP contribution in [0.25, 0.3) is 0 Å². The van der Waals surface area contributed by atoms with E-state index in [1.165, 1.54) is 12.8 Å². The predicted octanol–water partition coefficient (Wildman–Crippen LogP) is 1.37. The molecule has 2 rings (SSSR count). The molecule has 0 aliphatic carbocycles. The Bertz CT molecular complexity index is 297. The van der Waals surface area contributed by atoms with E-state index in [1.54, 1.807) is 6.26 Å². The van der Waals surface area contributed by atoms with Gasteiger partial charge in [-0.2, -0.15) is 4.98 Å². The molecule has 2 heterocycles. The highest BCUT2D eigenvalue weighted by molar-refractivity contribution is 5.28. The number of hydrogen-bond donors (Lipinski definition) is 1. The number of hydrogen-bond acceptors (Lipinski definition) is 4. The summed E-state index contributed by atoms with van der Waals surface area (Å²) >= 11 is 0. The Morgan fingerprint density at radius 1 is 1.71 bits per heavy atom. The Kier molecular flexibility index (Phi) is 2.72. The van der Waals surface area contributed by atoms with Crippen LogP contribution in [0.4, 0.5) is 6.01 Å². The van der Waals surface area contributed by atoms with Crippen molar-refractivity contribution >= 4 is 6.01 Å². The van der Waals surface area contributed by atoms with Crippen molar-refractivity contribution < 1.29 is 4.42 Å². The van der Waals surface area contributed by atoms with Gasteiger partial charge in [-0.3, -0.25) is 0 Å². The molecule has 1 unspecified atom stereocenters. The van der Waals surface area contributed by atoms with Gasteiger partial charge >= 0.3 is 0 Å². The predicted molar refractivity (Wildman–Crippen MR) is 55.0 cm³/mol. The number of rotatable bonds is 3. The molecule has 0 aromatic carbocycles. The lowest BCUT2D eigenvalue weighted by Gasteiger charge is -2.12. The summed E-state index contributed by atoms with van der Waals surface area (Å²) in [6.07, 6.45) is 4.13. The highest BCUT2D eigenvalue weighted by atomic mass is 16.4. The third-order valence-electron chi connectivity index (χ3n) is 2.88. The summed E-state index contributed by atoms with van der Waals surface area (Å²) < 4.78 is 5.37. The third kappa shape index (κ3) is 1.75. The van der Waals surface area contributed by atoms with E-state index < -0.39 is 0 Å². The molecule has 1 fully saturated rings. The van der Waals surface area contributed by atoms with Gasteiger partial charge in [0.25, 0.3) is 6.01 Å². The molecule has 1 atom stereocenters. The van der Waals surface area contributed by atoms with Crippen LogP contribution in [0.15, 0.2) is 10.7 Å². The average Bonchev–Trinajstić information content (AvgIpc) is 2.86. The number of nitrogens with two attached hydrogens (primary N) is 1. The molecule has 14 heavy (non-hydrogen) atoms. The van der Waals surface area contributed by atoms with Crippen molar-refractivity contribution in [3.8, 4) is 0 Å². The fraction of sp³-hybridized carbons (Fsp3) is 0.700. The summed E-state index contributed by atoms with van der Waals surface area (Å²) in [7, 11) is 0. The Labute approximate surface area is 84.1 Å². The number of aromatic nitrogens is 1. The van der Waals surface area contributed by atoms with E-state index >= 15 is 0 Å². The van der Waals surface area contributed by atoms with Crippen LogP contribution >= 0.6 is 0 Å². The molecule has 0 bridgehead atoms. The second-order valence-electron chi connectivity index (χ2n) is 3.83. The summed E-state index contributed by atoms with van der Waals surface area (Å²) in [5, 5.41) is 0. The van der Waals surface area contributed by atoms with Crippen LogP contribution in [0.5, 0.6) is 0 Å². The van der Waals surface area contributed by atoms with Gasteiger partial charge in [0.1, 0.15) is 6.26 Å². The summed E-state index contributed by atoms with van der Waals surface area (Å²) in [4.78, 5) is 6.52. The quantitative estimate of drug-likeness (QED) is 0.791. The van der Waals surface area contributed by atoms with E-state index in [0.29, 0.717) is 6.54 Å². The van der Waals surface area contributed by atoms with E-state index in [9.17, 15) is 0 Å². The van der Waals surface area contributed by atoms with E-state index in [0.717, 1.165) is 30.7 Å². The van der Waals surface area contributed by atoms with Gasteiger partial charge in [-0.05, 0) is 12.3 Å². The molecular weight excluding hydrogens is 178 g/mol. The number of anilines is 1. The lowest BCUT2D eigenvalue weighted by atomic mass is 10.1. The first kappa shape index (κ1) is 9.52. The SMILES string of the molecule is CCC1CCN(c2nc(CN)co2)C1. The van der Waals surface area contributed by atoms with Gasteiger partial charge in [-0.25, -0.2) is 0 Å². The molecule has 0 amide bonds. The highest BCUT2D eigenvalue weighted by Crippen LogP contribution is 2.24. The Morgan fingerprint density at radius 2 is 2.57 bits per heavy atom. The Balaban J connectivity index is 2.02. The zero-order valence-corrected chi connectivity index (χ0v) is 8.57. The molecule has 4 nitrogen and oxygen atoms in total. The van der Waals surface area contributed by atoms with Gasteiger partial charge in [-0.15, -0.1) is 0 Å². The maximum absolute atomic E-state index is 5.47. The fourth-order valence-corrected chi connectivity index (χ4v) is 1.87. The van der Waals surface area contributed by atoms with Gasteiger partial charge < -0.3 is 15.1 Å². The van der Waals surface area contributed by atoms with Crippen LogP contribution < -0.4 is 10.6 Å². The van der Waals surface area contributed by atoms with Crippen molar-refractivity contribution in [3.63, 3.8) is 0 Å². The van der Waals surface area contributed by atoms with E-state index in [2.05, 4.69) is 16.8 Å². The molecule has 0 radical (unpaired) electrons. The summed E-state index contributed by atoms with van der Waals surface area (Å²) in [6, 6.07) is 0.737. The second-order valence-corrected chi connectivity index (χ2v) is 3.83. The van der Waals surface area contributed by atoms with Gasteiger partial charge in [-0.1, -0.05) is 13.3 Å². The van der Waals surface area contributed by atoms with Crippen molar-refractivity contribution in [3.05, 3.63) is 12.0 Å². The second kappa shape index (κ2) is 4.00. The largest absolute Gasteiger partial charge is 0.432 e.